The highest BCUT2D eigenvalue weighted by Crippen LogP contribution is 2.56. The van der Waals surface area contributed by atoms with Crippen molar-refractivity contribution in [3.8, 4) is 11.1 Å². The van der Waals surface area contributed by atoms with Crippen molar-refractivity contribution in [1.29, 1.82) is 0 Å². The van der Waals surface area contributed by atoms with Crippen LogP contribution >= 0.6 is 0 Å². The first-order chi connectivity index (χ1) is 17.8. The van der Waals surface area contributed by atoms with E-state index in [2.05, 4.69) is 107 Å². The molecule has 0 unspecified atom stereocenters. The average molecular weight is 469 g/mol. The van der Waals surface area contributed by atoms with Gasteiger partial charge in [-0.25, -0.2) is 0 Å². The standard InChI is InChI=1S/C34H32N2/c1-3-13-32-30(11-1)31-12-2-4-14-33(31)34(32)28-9-5-7-24(16-28)18-35-20-26-15-27(21-35)23-36(22-26)19-25-8-6-10-29(34)17-25/h1-14,16-17,26-27H,15,18-23H2. The summed E-state index contributed by atoms with van der Waals surface area (Å²) in [6.07, 6.45) is 1.41. The summed E-state index contributed by atoms with van der Waals surface area (Å²) in [6.45, 7) is 7.03. The molecule has 2 saturated heterocycles. The van der Waals surface area contributed by atoms with Crippen LogP contribution in [0, 0.1) is 11.8 Å². The second-order valence-corrected chi connectivity index (χ2v) is 11.6. The first-order valence-electron chi connectivity index (χ1n) is 13.6. The van der Waals surface area contributed by atoms with Gasteiger partial charge in [0.05, 0.1) is 5.41 Å². The van der Waals surface area contributed by atoms with Crippen LogP contribution in [-0.2, 0) is 18.5 Å². The lowest BCUT2D eigenvalue weighted by Crippen LogP contribution is -2.52. The molecule has 4 aromatic rings. The summed E-state index contributed by atoms with van der Waals surface area (Å²) in [5.41, 5.74) is 10.9. The highest BCUT2D eigenvalue weighted by Gasteiger charge is 2.46. The Hall–Kier alpha value is -3.20. The molecule has 8 bridgehead atoms. The predicted octanol–water partition coefficient (Wildman–Crippen LogP) is 6.32. The zero-order valence-corrected chi connectivity index (χ0v) is 20.7. The fourth-order valence-electron chi connectivity index (χ4n) is 8.10. The molecule has 0 amide bonds. The summed E-state index contributed by atoms with van der Waals surface area (Å²) < 4.78 is 0. The van der Waals surface area contributed by atoms with Crippen LogP contribution in [0.25, 0.3) is 11.1 Å². The van der Waals surface area contributed by atoms with Crippen LogP contribution in [0.3, 0.4) is 0 Å². The van der Waals surface area contributed by atoms with Crippen LogP contribution in [0.2, 0.25) is 0 Å². The third kappa shape index (κ3) is 3.04. The minimum absolute atomic E-state index is 0.300. The molecule has 4 aliphatic heterocycles. The van der Waals surface area contributed by atoms with Gasteiger partial charge < -0.3 is 0 Å². The van der Waals surface area contributed by atoms with Crippen molar-refractivity contribution in [2.75, 3.05) is 26.2 Å². The van der Waals surface area contributed by atoms with Crippen molar-refractivity contribution in [2.24, 2.45) is 11.8 Å². The number of hydrogen-bond acceptors (Lipinski definition) is 2. The van der Waals surface area contributed by atoms with E-state index in [0.29, 0.717) is 0 Å². The number of piperidine rings is 2. The molecular weight excluding hydrogens is 436 g/mol. The monoisotopic (exact) mass is 468 g/mol. The molecule has 0 aromatic heterocycles. The summed E-state index contributed by atoms with van der Waals surface area (Å²) >= 11 is 0. The number of benzene rings is 4. The van der Waals surface area contributed by atoms with Gasteiger partial charge in [-0.3, -0.25) is 9.80 Å². The van der Waals surface area contributed by atoms with E-state index in [1.165, 1.54) is 77.1 Å². The maximum Gasteiger partial charge on any atom is 0.0713 e. The summed E-state index contributed by atoms with van der Waals surface area (Å²) in [5.74, 6) is 1.60. The van der Waals surface area contributed by atoms with E-state index >= 15 is 0 Å². The Morgan fingerprint density at radius 3 is 1.50 bits per heavy atom. The van der Waals surface area contributed by atoms with Crippen molar-refractivity contribution in [3.05, 3.63) is 130 Å². The van der Waals surface area contributed by atoms with E-state index in [9.17, 15) is 0 Å². The van der Waals surface area contributed by atoms with Crippen molar-refractivity contribution >= 4 is 0 Å². The molecule has 0 radical (unpaired) electrons. The Morgan fingerprint density at radius 2 is 1.00 bits per heavy atom. The number of nitrogens with zero attached hydrogens (tertiary/aromatic N) is 2. The SMILES string of the molecule is c1cc2cc(c1)C1(c3cccc(c3)CN3CC4CC(CN(C2)C4)C3)c2ccccc2-c2ccccc21. The number of rotatable bonds is 0. The van der Waals surface area contributed by atoms with Crippen LogP contribution in [0.5, 0.6) is 0 Å². The van der Waals surface area contributed by atoms with Crippen LogP contribution in [0.4, 0.5) is 0 Å². The molecule has 36 heavy (non-hydrogen) atoms. The zero-order valence-electron chi connectivity index (χ0n) is 20.7. The van der Waals surface area contributed by atoms with Crippen LogP contribution in [-0.4, -0.2) is 36.0 Å². The Balaban J connectivity index is 1.42. The zero-order chi connectivity index (χ0) is 23.7. The molecule has 0 atom stereocenters. The molecule has 1 spiro atoms. The van der Waals surface area contributed by atoms with Gasteiger partial charge >= 0.3 is 0 Å². The van der Waals surface area contributed by atoms with Crippen LogP contribution in [0.15, 0.2) is 97.1 Å². The van der Waals surface area contributed by atoms with Gasteiger partial charge in [0.25, 0.3) is 0 Å². The van der Waals surface area contributed by atoms with Crippen molar-refractivity contribution < 1.29 is 0 Å². The van der Waals surface area contributed by atoms with Gasteiger partial charge in [0, 0.05) is 39.3 Å². The van der Waals surface area contributed by atoms with E-state index in [0.717, 1.165) is 24.9 Å². The van der Waals surface area contributed by atoms with Gasteiger partial charge in [-0.1, -0.05) is 97.1 Å². The van der Waals surface area contributed by atoms with Crippen molar-refractivity contribution in [3.63, 3.8) is 0 Å². The normalized spacial score (nSPS) is 26.9. The van der Waals surface area contributed by atoms with Gasteiger partial charge in [0.15, 0.2) is 0 Å². The quantitative estimate of drug-likeness (QED) is 0.263. The summed E-state index contributed by atoms with van der Waals surface area (Å²) in [6, 6.07) is 37.3. The molecular formula is C34H32N2. The van der Waals surface area contributed by atoms with E-state index < -0.39 is 0 Å². The smallest absolute Gasteiger partial charge is 0.0713 e. The van der Waals surface area contributed by atoms with Gasteiger partial charge in [-0.05, 0) is 62.8 Å². The van der Waals surface area contributed by atoms with Gasteiger partial charge in [-0.2, -0.15) is 0 Å². The molecule has 178 valence electrons. The molecule has 2 fully saturated rings. The van der Waals surface area contributed by atoms with Gasteiger partial charge in [0.2, 0.25) is 0 Å². The lowest BCUT2D eigenvalue weighted by atomic mass is 9.67. The second kappa shape index (κ2) is 7.90. The highest BCUT2D eigenvalue weighted by molar-refractivity contribution is 5.86. The molecule has 0 saturated carbocycles. The minimum atomic E-state index is -0.300. The largest absolute Gasteiger partial charge is 0.298 e. The number of hydrogen-bond donors (Lipinski definition) is 0. The fraction of sp³-hybridized carbons (Fsp3) is 0.294. The third-order valence-corrected chi connectivity index (χ3v) is 9.22. The Kier molecular flexibility index (Phi) is 4.59. The van der Waals surface area contributed by atoms with Gasteiger partial charge in [0.1, 0.15) is 0 Å². The molecule has 1 aliphatic carbocycles. The molecule has 2 nitrogen and oxygen atoms in total. The Bertz CT molecular complexity index is 1350. The summed E-state index contributed by atoms with van der Waals surface area (Å²) in [4.78, 5) is 5.48. The van der Waals surface area contributed by atoms with E-state index in [1.807, 2.05) is 0 Å². The Labute approximate surface area is 214 Å². The van der Waals surface area contributed by atoms with E-state index in [1.54, 1.807) is 0 Å². The first kappa shape index (κ1) is 20.9. The van der Waals surface area contributed by atoms with Crippen molar-refractivity contribution in [1.82, 2.24) is 9.80 Å². The molecule has 0 N–H and O–H groups in total. The van der Waals surface area contributed by atoms with E-state index in [4.69, 9.17) is 0 Å². The summed E-state index contributed by atoms with van der Waals surface area (Å²) in [7, 11) is 0. The maximum atomic E-state index is 2.74. The second-order valence-electron chi connectivity index (χ2n) is 11.6. The average Bonchev–Trinajstić information content (AvgIpc) is 3.19. The van der Waals surface area contributed by atoms with Crippen LogP contribution in [0.1, 0.15) is 39.8 Å². The number of fused-ring (bicyclic) bond motifs is 3. The Morgan fingerprint density at radius 1 is 0.528 bits per heavy atom. The van der Waals surface area contributed by atoms with Crippen molar-refractivity contribution in [2.45, 2.75) is 24.9 Å². The van der Waals surface area contributed by atoms with Gasteiger partial charge in [-0.15, -0.1) is 0 Å². The first-order valence-corrected chi connectivity index (χ1v) is 13.6. The minimum Gasteiger partial charge on any atom is -0.298 e. The van der Waals surface area contributed by atoms with Crippen LogP contribution < -0.4 is 0 Å². The molecule has 5 aliphatic rings. The molecule has 2 heteroatoms. The topological polar surface area (TPSA) is 6.48 Å². The summed E-state index contributed by atoms with van der Waals surface area (Å²) in [5, 5.41) is 0. The predicted molar refractivity (Wildman–Crippen MR) is 146 cm³/mol. The molecule has 4 heterocycles. The maximum absolute atomic E-state index is 2.74. The molecule has 4 aromatic carbocycles. The molecule has 9 rings (SSSR count). The third-order valence-electron chi connectivity index (χ3n) is 9.22. The lowest BCUT2D eigenvalue weighted by Gasteiger charge is -2.46. The van der Waals surface area contributed by atoms with E-state index in [-0.39, 0.29) is 5.41 Å². The highest BCUT2D eigenvalue weighted by atomic mass is 15.2. The lowest BCUT2D eigenvalue weighted by molar-refractivity contribution is 0.0241. The fourth-order valence-corrected chi connectivity index (χ4v) is 8.10.